The summed E-state index contributed by atoms with van der Waals surface area (Å²) in [6.07, 6.45) is 8.41. The fourth-order valence-corrected chi connectivity index (χ4v) is 5.25. The van der Waals surface area contributed by atoms with Gasteiger partial charge in [0.25, 0.3) is 0 Å². The number of likely N-dealkylation sites (N-methyl/N-ethyl adjacent to an activating group) is 1. The van der Waals surface area contributed by atoms with Crippen LogP contribution in [0.3, 0.4) is 0 Å². The summed E-state index contributed by atoms with van der Waals surface area (Å²) in [5.74, 6) is 2.13. The largest absolute Gasteiger partial charge is 0.357 e. The quantitative estimate of drug-likeness (QED) is 0.312. The summed E-state index contributed by atoms with van der Waals surface area (Å²) in [6.45, 7) is 0.904. The van der Waals surface area contributed by atoms with Gasteiger partial charge in [-0.2, -0.15) is 0 Å². The van der Waals surface area contributed by atoms with Gasteiger partial charge < -0.3 is 4.90 Å². The Morgan fingerprint density at radius 1 is 0.667 bits per heavy atom. The van der Waals surface area contributed by atoms with Gasteiger partial charge in [0, 0.05) is 41.3 Å². The number of fused-ring (bicyclic) bond motifs is 6. The van der Waals surface area contributed by atoms with Crippen LogP contribution < -0.4 is 0 Å². The van der Waals surface area contributed by atoms with Crippen molar-refractivity contribution in [2.75, 3.05) is 13.6 Å². The molecule has 1 aliphatic heterocycles. The monoisotopic (exact) mass is 426 g/mol. The lowest BCUT2D eigenvalue weighted by Gasteiger charge is -2.25. The second kappa shape index (κ2) is 6.84. The van der Waals surface area contributed by atoms with Gasteiger partial charge in [0.1, 0.15) is 11.6 Å². The Balaban J connectivity index is 1.68. The third kappa shape index (κ3) is 2.55. The molecule has 0 bridgehead atoms. The highest BCUT2D eigenvalue weighted by Crippen LogP contribution is 2.39. The first-order valence-corrected chi connectivity index (χ1v) is 11.3. The normalized spacial score (nSPS) is 14.1. The molecule has 0 spiro atoms. The number of allylic oxidation sites excluding steroid dienone is 2. The van der Waals surface area contributed by atoms with Crippen LogP contribution in [0.15, 0.2) is 103 Å². The first-order valence-electron chi connectivity index (χ1n) is 11.3. The molecule has 0 unspecified atom stereocenters. The van der Waals surface area contributed by atoms with E-state index in [0.29, 0.717) is 0 Å². The van der Waals surface area contributed by atoms with Crippen LogP contribution in [0.25, 0.3) is 55.3 Å². The zero-order valence-corrected chi connectivity index (χ0v) is 18.3. The molecule has 0 atom stereocenters. The highest BCUT2D eigenvalue weighted by Gasteiger charge is 2.20. The van der Waals surface area contributed by atoms with Crippen molar-refractivity contribution in [3.8, 4) is 5.82 Å². The summed E-state index contributed by atoms with van der Waals surface area (Å²) >= 11 is 0. The van der Waals surface area contributed by atoms with E-state index >= 15 is 0 Å². The molecular weight excluding hydrogens is 404 g/mol. The van der Waals surface area contributed by atoms with E-state index in [0.717, 1.165) is 12.4 Å². The van der Waals surface area contributed by atoms with Crippen molar-refractivity contribution in [2.24, 2.45) is 0 Å². The van der Waals surface area contributed by atoms with Gasteiger partial charge in [0.2, 0.25) is 0 Å². The molecule has 3 aromatic carbocycles. The average Bonchev–Trinajstić information content (AvgIpc) is 3.36. The lowest BCUT2D eigenvalue weighted by molar-refractivity contribution is 0.507. The van der Waals surface area contributed by atoms with E-state index in [1.807, 2.05) is 18.3 Å². The summed E-state index contributed by atoms with van der Waals surface area (Å²) in [7, 11) is 2.15. The molecule has 0 aliphatic carbocycles. The van der Waals surface area contributed by atoms with Crippen molar-refractivity contribution in [1.29, 1.82) is 0 Å². The molecule has 4 heteroatoms. The van der Waals surface area contributed by atoms with Gasteiger partial charge >= 0.3 is 0 Å². The summed E-state index contributed by atoms with van der Waals surface area (Å²) in [5, 5.41) is 4.99. The van der Waals surface area contributed by atoms with Crippen molar-refractivity contribution in [2.45, 2.75) is 0 Å². The van der Waals surface area contributed by atoms with E-state index in [4.69, 9.17) is 0 Å². The molecule has 4 heterocycles. The summed E-state index contributed by atoms with van der Waals surface area (Å²) < 4.78 is 4.69. The fourth-order valence-electron chi connectivity index (χ4n) is 5.25. The maximum atomic E-state index is 4.69. The number of para-hydroxylation sites is 2. The highest BCUT2D eigenvalue weighted by molar-refractivity contribution is 6.19. The number of hydrogen-bond acceptors (Lipinski definition) is 2. The number of pyridine rings is 1. The predicted molar refractivity (Wildman–Crippen MR) is 138 cm³/mol. The van der Waals surface area contributed by atoms with Crippen LogP contribution in [0, 0.1) is 0 Å². The second-order valence-electron chi connectivity index (χ2n) is 8.61. The van der Waals surface area contributed by atoms with Crippen LogP contribution >= 0.6 is 0 Å². The topological polar surface area (TPSA) is 26.0 Å². The molecule has 0 saturated carbocycles. The third-order valence-electron chi connectivity index (χ3n) is 6.73. The molecule has 6 aromatic rings. The fraction of sp³-hybridized carbons (Fsp3) is 0.0690. The van der Waals surface area contributed by atoms with Gasteiger partial charge in [-0.1, -0.05) is 54.6 Å². The van der Waals surface area contributed by atoms with Crippen LogP contribution in [0.2, 0.25) is 0 Å². The van der Waals surface area contributed by atoms with Gasteiger partial charge in [0.15, 0.2) is 0 Å². The van der Waals surface area contributed by atoms with Gasteiger partial charge in [-0.15, -0.1) is 0 Å². The summed E-state index contributed by atoms with van der Waals surface area (Å²) in [4.78, 5) is 6.99. The summed E-state index contributed by atoms with van der Waals surface area (Å²) in [6, 6.07) is 28.1. The van der Waals surface area contributed by atoms with Crippen molar-refractivity contribution >= 4 is 49.4 Å². The number of hydrogen-bond donors (Lipinski definition) is 0. The highest BCUT2D eigenvalue weighted by atomic mass is 15.3. The van der Waals surface area contributed by atoms with E-state index in [1.165, 1.54) is 49.4 Å². The molecule has 33 heavy (non-hydrogen) atoms. The average molecular weight is 427 g/mol. The Morgan fingerprint density at radius 3 is 1.97 bits per heavy atom. The molecule has 4 nitrogen and oxygen atoms in total. The lowest BCUT2D eigenvalue weighted by atomic mass is 10.1. The molecule has 7 rings (SSSR count). The number of rotatable bonds is 2. The van der Waals surface area contributed by atoms with E-state index in [-0.39, 0.29) is 0 Å². The summed E-state index contributed by atoms with van der Waals surface area (Å²) in [5.41, 5.74) is 4.80. The first-order chi connectivity index (χ1) is 16.3. The third-order valence-corrected chi connectivity index (χ3v) is 6.73. The number of nitrogens with zero attached hydrogens (tertiary/aromatic N) is 4. The van der Waals surface area contributed by atoms with Crippen molar-refractivity contribution < 1.29 is 0 Å². The van der Waals surface area contributed by atoms with Gasteiger partial charge in [0.05, 0.1) is 22.1 Å². The van der Waals surface area contributed by atoms with Gasteiger partial charge in [-0.3, -0.25) is 9.13 Å². The zero-order chi connectivity index (χ0) is 21.9. The molecule has 0 saturated heterocycles. The van der Waals surface area contributed by atoms with Gasteiger partial charge in [-0.05, 0) is 42.5 Å². The Bertz CT molecular complexity index is 1750. The van der Waals surface area contributed by atoms with Gasteiger partial charge in [-0.25, -0.2) is 4.98 Å². The van der Waals surface area contributed by atoms with Crippen LogP contribution in [-0.4, -0.2) is 32.6 Å². The molecule has 158 valence electrons. The smallest absolute Gasteiger partial charge is 0.137 e. The van der Waals surface area contributed by atoms with E-state index < -0.39 is 0 Å². The molecule has 0 N–H and O–H groups in total. The maximum Gasteiger partial charge on any atom is 0.137 e. The van der Waals surface area contributed by atoms with E-state index in [2.05, 4.69) is 111 Å². The molecule has 0 amide bonds. The molecule has 3 aromatic heterocycles. The molecule has 0 radical (unpaired) electrons. The second-order valence-corrected chi connectivity index (χ2v) is 8.61. The molecular formula is C29H22N4. The Labute approximate surface area is 191 Å². The zero-order valence-electron chi connectivity index (χ0n) is 18.3. The molecule has 0 fully saturated rings. The maximum absolute atomic E-state index is 4.69. The minimum absolute atomic E-state index is 0.904. The van der Waals surface area contributed by atoms with Crippen LogP contribution in [0.4, 0.5) is 0 Å². The van der Waals surface area contributed by atoms with E-state index in [1.54, 1.807) is 0 Å². The Morgan fingerprint density at radius 2 is 1.30 bits per heavy atom. The minimum Gasteiger partial charge on any atom is -0.357 e. The van der Waals surface area contributed by atoms with Crippen LogP contribution in [0.5, 0.6) is 0 Å². The van der Waals surface area contributed by atoms with Crippen LogP contribution in [0.1, 0.15) is 0 Å². The molecule has 1 aliphatic rings. The Hall–Kier alpha value is -4.31. The Kier molecular flexibility index (Phi) is 3.79. The number of benzene rings is 3. The van der Waals surface area contributed by atoms with Crippen molar-refractivity contribution in [1.82, 2.24) is 19.0 Å². The first kappa shape index (κ1) is 18.3. The number of aromatic nitrogens is 3. The lowest BCUT2D eigenvalue weighted by Crippen LogP contribution is -2.22. The van der Waals surface area contributed by atoms with Crippen LogP contribution in [-0.2, 0) is 0 Å². The van der Waals surface area contributed by atoms with Crippen molar-refractivity contribution in [3.05, 3.63) is 103 Å². The van der Waals surface area contributed by atoms with E-state index in [9.17, 15) is 0 Å². The minimum atomic E-state index is 0.904. The van der Waals surface area contributed by atoms with Crippen molar-refractivity contribution in [3.63, 3.8) is 0 Å². The predicted octanol–water partition coefficient (Wildman–Crippen LogP) is 6.59. The standard InChI is InChI=1S/C29H22N4/c1-31-17-9-7-15-29(31)33-25-13-5-3-11-21(25)23-18-26-22(19-27(23)33)20-10-2-4-12-24(20)32(26)28-14-6-8-16-30-28/h2-16,18-19H,17H2,1H3. The SMILES string of the molecule is CN1CC=CC=C1n1c2ccccc2c2cc3c(cc21)c1ccccc1n3-c1ccccn1.